The largest absolute Gasteiger partial charge is 0.465 e. The van der Waals surface area contributed by atoms with Crippen LogP contribution in [0.25, 0.3) is 0 Å². The molecule has 2 aliphatic heterocycles. The summed E-state index contributed by atoms with van der Waals surface area (Å²) in [7, 11) is -2.40. The minimum atomic E-state index is -4.78. The summed E-state index contributed by atoms with van der Waals surface area (Å²) in [6.45, 7) is 0.692. The van der Waals surface area contributed by atoms with Crippen LogP contribution in [0, 0.1) is 5.82 Å². The summed E-state index contributed by atoms with van der Waals surface area (Å²) in [5.74, 6) is -2.90. The Balaban J connectivity index is 1.47. The number of hydrogen-bond acceptors (Lipinski definition) is 7. The number of nitrogens with zero attached hydrogens (tertiary/aromatic N) is 3. The molecule has 3 N–H and O–H groups in total. The van der Waals surface area contributed by atoms with E-state index in [4.69, 9.17) is 11.6 Å². The Morgan fingerprint density at radius 1 is 1.23 bits per heavy atom. The highest BCUT2D eigenvalue weighted by molar-refractivity contribution is 7.89. The van der Waals surface area contributed by atoms with Gasteiger partial charge in [0, 0.05) is 53.9 Å². The maximum absolute atomic E-state index is 15.3. The lowest BCUT2D eigenvalue weighted by atomic mass is 9.87. The molecule has 17 heteroatoms. The summed E-state index contributed by atoms with van der Waals surface area (Å²) >= 11 is 6.34. The van der Waals surface area contributed by atoms with Gasteiger partial charge in [0.05, 0.1) is 17.4 Å². The van der Waals surface area contributed by atoms with Gasteiger partial charge >= 0.3 is 12.3 Å². The minimum absolute atomic E-state index is 0.0169. The second-order valence-electron chi connectivity index (χ2n) is 11.5. The SMILES string of the molecule is CN(C(=O)O)[C@H](C(=O)Nc1cccc(F)c1CC[C@H]1CN[C@@H]2CCCS(=O)(=O)N1C2)[C@@H](c1ccc(Cl)cc1)c1csc(C(F)(F)F)n1. The molecule has 0 spiro atoms. The minimum Gasteiger partial charge on any atom is -0.465 e. The lowest BCUT2D eigenvalue weighted by molar-refractivity contribution is -0.137. The first-order chi connectivity index (χ1) is 22.2. The standard InChI is InChI=1S/C30H32ClF4N5O5S2/c1-39(29(42)43)26(25(17-7-9-18(31)10-8-17)24-16-46-28(38-24)30(33,34)35)27(41)37-23-6-2-5-22(32)21(23)12-11-20-14-36-19-4-3-13-47(44,45)40(20)15-19/h2,5-10,16,19-20,25-26,36H,3-4,11-15H2,1H3,(H,37,41)(H,42,43)/t19-,20+,25+,26+/m1/s1. The molecule has 1 aromatic heterocycles. The maximum atomic E-state index is 15.3. The van der Waals surface area contributed by atoms with Crippen LogP contribution in [0.1, 0.15) is 47.0 Å². The number of anilines is 1. The molecule has 2 fully saturated rings. The fourth-order valence-electron chi connectivity index (χ4n) is 6.11. The number of halogens is 5. The third kappa shape index (κ3) is 7.88. The Kier molecular flexibility index (Phi) is 10.5. The molecule has 0 saturated carbocycles. The molecule has 254 valence electrons. The van der Waals surface area contributed by atoms with E-state index in [9.17, 15) is 36.3 Å². The van der Waals surface area contributed by atoms with Crippen molar-refractivity contribution in [2.75, 3.05) is 31.2 Å². The van der Waals surface area contributed by atoms with E-state index in [0.717, 1.165) is 18.8 Å². The number of amides is 2. The summed E-state index contributed by atoms with van der Waals surface area (Å²) in [6, 6.07) is 7.72. The van der Waals surface area contributed by atoms with Gasteiger partial charge in [-0.1, -0.05) is 29.8 Å². The number of rotatable bonds is 9. The number of aromatic nitrogens is 1. The van der Waals surface area contributed by atoms with Gasteiger partial charge in [0.25, 0.3) is 0 Å². The fraction of sp³-hybridized carbons (Fsp3) is 0.433. The lowest BCUT2D eigenvalue weighted by Crippen LogP contribution is -2.57. The van der Waals surface area contributed by atoms with E-state index in [0.29, 0.717) is 40.8 Å². The van der Waals surface area contributed by atoms with Crippen LogP contribution in [0.2, 0.25) is 5.02 Å². The Morgan fingerprint density at radius 2 is 1.96 bits per heavy atom. The van der Waals surface area contributed by atoms with Crippen molar-refractivity contribution in [1.29, 1.82) is 0 Å². The number of benzene rings is 2. The van der Waals surface area contributed by atoms with Crippen LogP contribution in [-0.4, -0.2) is 83.7 Å². The number of thiazole rings is 1. The van der Waals surface area contributed by atoms with Gasteiger partial charge in [-0.25, -0.2) is 22.6 Å². The van der Waals surface area contributed by atoms with Crippen molar-refractivity contribution in [3.63, 3.8) is 0 Å². The van der Waals surface area contributed by atoms with Gasteiger partial charge in [-0.3, -0.25) is 9.69 Å². The number of carbonyl (C=O) groups is 2. The van der Waals surface area contributed by atoms with E-state index < -0.39 is 57.0 Å². The Labute approximate surface area is 277 Å². The van der Waals surface area contributed by atoms with Crippen LogP contribution in [-0.2, 0) is 27.4 Å². The Hall–Kier alpha value is -3.31. The van der Waals surface area contributed by atoms with E-state index in [2.05, 4.69) is 15.6 Å². The molecular weight excluding hydrogens is 686 g/mol. The van der Waals surface area contributed by atoms with Crippen LogP contribution in [0.3, 0.4) is 0 Å². The number of sulfonamides is 1. The molecule has 2 amide bonds. The zero-order valence-corrected chi connectivity index (χ0v) is 27.4. The second kappa shape index (κ2) is 14.0. The molecule has 5 atom stereocenters. The zero-order chi connectivity index (χ0) is 34.1. The van der Waals surface area contributed by atoms with Crippen LogP contribution in [0.15, 0.2) is 47.8 Å². The molecule has 3 aromatic rings. The molecule has 3 heterocycles. The molecule has 47 heavy (non-hydrogen) atoms. The number of nitrogens with one attached hydrogen (secondary N) is 2. The molecular formula is C30H32ClF4N5O5S2. The number of alkyl halides is 3. The highest BCUT2D eigenvalue weighted by Crippen LogP contribution is 2.38. The number of carboxylic acid groups (broad SMARTS) is 1. The summed E-state index contributed by atoms with van der Waals surface area (Å²) in [4.78, 5) is 30.7. The molecule has 2 aliphatic rings. The quantitative estimate of drug-likeness (QED) is 0.253. The summed E-state index contributed by atoms with van der Waals surface area (Å²) in [5, 5.41) is 16.2. The Bertz CT molecular complexity index is 1720. The monoisotopic (exact) mass is 717 g/mol. The number of hydrogen-bond donors (Lipinski definition) is 3. The lowest BCUT2D eigenvalue weighted by Gasteiger charge is -2.37. The van der Waals surface area contributed by atoms with Crippen molar-refractivity contribution in [2.45, 2.75) is 55.9 Å². The van der Waals surface area contributed by atoms with Gasteiger partial charge in [-0.2, -0.15) is 17.5 Å². The first-order valence-electron chi connectivity index (χ1n) is 14.7. The van der Waals surface area contributed by atoms with E-state index in [1.54, 1.807) is 0 Å². The number of piperazine rings is 1. The fourth-order valence-corrected chi connectivity index (χ4v) is 8.76. The molecule has 0 aliphatic carbocycles. The first-order valence-corrected chi connectivity index (χ1v) is 17.6. The second-order valence-corrected chi connectivity index (χ2v) is 14.9. The molecule has 2 saturated heterocycles. The molecule has 1 unspecified atom stereocenters. The van der Waals surface area contributed by atoms with Crippen molar-refractivity contribution in [2.24, 2.45) is 0 Å². The molecule has 2 bridgehead atoms. The third-order valence-electron chi connectivity index (χ3n) is 8.48. The van der Waals surface area contributed by atoms with Gasteiger partial charge < -0.3 is 15.7 Å². The zero-order valence-electron chi connectivity index (χ0n) is 25.0. The van der Waals surface area contributed by atoms with E-state index in [1.165, 1.54) is 46.8 Å². The van der Waals surface area contributed by atoms with E-state index >= 15 is 4.39 Å². The van der Waals surface area contributed by atoms with Gasteiger partial charge in [-0.15, -0.1) is 11.3 Å². The molecule has 5 rings (SSSR count). The van der Waals surface area contributed by atoms with Crippen LogP contribution >= 0.6 is 22.9 Å². The van der Waals surface area contributed by atoms with Crippen LogP contribution < -0.4 is 10.6 Å². The first kappa shape index (κ1) is 35.0. The number of carbonyl (C=O) groups excluding carboxylic acids is 1. The van der Waals surface area contributed by atoms with E-state index in [-0.39, 0.29) is 47.1 Å². The van der Waals surface area contributed by atoms with E-state index in [1.807, 2.05) is 0 Å². The number of fused-ring (bicyclic) bond motifs is 2. The molecule has 2 aromatic carbocycles. The predicted molar refractivity (Wildman–Crippen MR) is 169 cm³/mol. The number of likely N-dealkylation sites (N-methyl/N-ethyl adjacent to an activating group) is 1. The summed E-state index contributed by atoms with van der Waals surface area (Å²) < 4.78 is 83.3. The van der Waals surface area contributed by atoms with Crippen LogP contribution in [0.4, 0.5) is 28.0 Å². The van der Waals surface area contributed by atoms with Crippen molar-refractivity contribution < 1.29 is 40.7 Å². The van der Waals surface area contributed by atoms with Crippen molar-refractivity contribution >= 4 is 50.6 Å². The highest BCUT2D eigenvalue weighted by atomic mass is 35.5. The van der Waals surface area contributed by atoms with Gasteiger partial charge in [-0.05, 0) is 55.5 Å². The van der Waals surface area contributed by atoms with Gasteiger partial charge in [0.2, 0.25) is 15.9 Å². The van der Waals surface area contributed by atoms with Gasteiger partial charge in [0.1, 0.15) is 11.9 Å². The van der Waals surface area contributed by atoms with Gasteiger partial charge in [0.15, 0.2) is 5.01 Å². The molecule has 0 radical (unpaired) electrons. The topological polar surface area (TPSA) is 132 Å². The third-order valence-corrected chi connectivity index (χ3v) is 11.6. The van der Waals surface area contributed by atoms with Crippen molar-refractivity contribution in [3.8, 4) is 0 Å². The normalized spacial score (nSPS) is 22.1. The summed E-state index contributed by atoms with van der Waals surface area (Å²) in [5.41, 5.74) is 0.160. The predicted octanol–water partition coefficient (Wildman–Crippen LogP) is 5.40. The highest BCUT2D eigenvalue weighted by Gasteiger charge is 2.42. The Morgan fingerprint density at radius 3 is 2.62 bits per heavy atom. The summed E-state index contributed by atoms with van der Waals surface area (Å²) in [6.07, 6.45) is -4.79. The average Bonchev–Trinajstić information content (AvgIpc) is 3.47. The average molecular weight is 718 g/mol. The van der Waals surface area contributed by atoms with Crippen LogP contribution in [0.5, 0.6) is 0 Å². The smallest absolute Gasteiger partial charge is 0.443 e. The molecule has 10 nitrogen and oxygen atoms in total. The van der Waals surface area contributed by atoms with Crippen molar-refractivity contribution in [3.05, 3.63) is 80.5 Å². The van der Waals surface area contributed by atoms with Crippen molar-refractivity contribution in [1.82, 2.24) is 19.5 Å². The maximum Gasteiger partial charge on any atom is 0.443 e.